The van der Waals surface area contributed by atoms with Gasteiger partial charge >= 0.3 is 5.69 Å². The normalized spacial score (nSPS) is 15.1. The van der Waals surface area contributed by atoms with Gasteiger partial charge in [0.05, 0.1) is 12.2 Å². The molecule has 1 saturated carbocycles. The van der Waals surface area contributed by atoms with E-state index in [0.717, 1.165) is 24.8 Å². The minimum atomic E-state index is -0.490. The van der Waals surface area contributed by atoms with Gasteiger partial charge in [0.1, 0.15) is 5.69 Å². The molecule has 10 heteroatoms. The quantitative estimate of drug-likeness (QED) is 0.363. The van der Waals surface area contributed by atoms with Crippen LogP contribution in [0.2, 0.25) is 0 Å². The monoisotopic (exact) mass is 418 g/mol. The zero-order valence-electron chi connectivity index (χ0n) is 17.0. The van der Waals surface area contributed by atoms with Crippen LogP contribution in [-0.2, 0) is 13.0 Å². The lowest BCUT2D eigenvalue weighted by atomic mass is 10.1. The van der Waals surface area contributed by atoms with E-state index in [2.05, 4.69) is 66.5 Å². The standard InChI is InChI=1S/C21H22N8O2/c1-2-12-3-5-13(6-4-12)10-22-19-26-17-14(9-16-18(30)27-21(31)25-16)11-23-29(17)20(28-19)24-15-7-8-15/h3-6,9,11,15,30H,2,7-8,10H2,1H3,(H,22,24,28)(H2,25,27,31)/b14-9+. The summed E-state index contributed by atoms with van der Waals surface area (Å²) in [5, 5.41) is 18.1. The molecule has 31 heavy (non-hydrogen) atoms. The Bertz CT molecular complexity index is 1410. The van der Waals surface area contributed by atoms with Crippen molar-refractivity contribution in [3.8, 4) is 5.88 Å². The third-order valence-corrected chi connectivity index (χ3v) is 5.14. The van der Waals surface area contributed by atoms with Crippen molar-refractivity contribution in [3.05, 3.63) is 68.6 Å². The van der Waals surface area contributed by atoms with Gasteiger partial charge in [0.25, 0.3) is 5.62 Å². The third kappa shape index (κ3) is 4.04. The summed E-state index contributed by atoms with van der Waals surface area (Å²) in [6.45, 7) is 2.70. The van der Waals surface area contributed by atoms with Gasteiger partial charge in [-0.25, -0.2) is 9.79 Å². The van der Waals surface area contributed by atoms with Crippen LogP contribution in [0.3, 0.4) is 0 Å². The molecule has 0 bridgehead atoms. The molecule has 4 aromatic rings. The highest BCUT2D eigenvalue weighted by Crippen LogP contribution is 2.22. The zero-order valence-corrected chi connectivity index (χ0v) is 17.0. The first-order valence-corrected chi connectivity index (χ1v) is 10.2. The maximum atomic E-state index is 11.4. The van der Waals surface area contributed by atoms with Crippen LogP contribution in [0.4, 0.5) is 5.95 Å². The van der Waals surface area contributed by atoms with Crippen LogP contribution in [0.5, 0.6) is 5.88 Å². The molecule has 0 radical (unpaired) electrons. The summed E-state index contributed by atoms with van der Waals surface area (Å²) in [5.74, 6) is 0.198. The average Bonchev–Trinajstić information content (AvgIpc) is 3.41. The van der Waals surface area contributed by atoms with Crippen molar-refractivity contribution in [1.82, 2.24) is 29.5 Å². The fourth-order valence-corrected chi connectivity index (χ4v) is 3.23. The second kappa shape index (κ2) is 7.71. The number of aromatic nitrogens is 6. The largest absolute Gasteiger partial charge is 0.493 e. The number of hydrogen-bond acceptors (Lipinski definition) is 7. The van der Waals surface area contributed by atoms with E-state index >= 15 is 0 Å². The number of aryl methyl sites for hydroxylation is 1. The van der Waals surface area contributed by atoms with E-state index in [1.165, 1.54) is 5.56 Å². The third-order valence-electron chi connectivity index (χ3n) is 5.14. The minimum absolute atomic E-state index is 0.241. The molecule has 1 aromatic carbocycles. The lowest BCUT2D eigenvalue weighted by Crippen LogP contribution is -2.24. The minimum Gasteiger partial charge on any atom is -0.493 e. The van der Waals surface area contributed by atoms with Crippen LogP contribution in [0.15, 0.2) is 40.2 Å². The van der Waals surface area contributed by atoms with Crippen LogP contribution in [-0.4, -0.2) is 40.7 Å². The molecule has 0 aliphatic heterocycles. The van der Waals surface area contributed by atoms with Crippen LogP contribution in [0, 0.1) is 0 Å². The Balaban J connectivity index is 1.55. The van der Waals surface area contributed by atoms with Gasteiger partial charge in [-0.1, -0.05) is 31.2 Å². The molecule has 158 valence electrons. The van der Waals surface area contributed by atoms with Crippen LogP contribution >= 0.6 is 0 Å². The van der Waals surface area contributed by atoms with E-state index in [4.69, 9.17) is 0 Å². The smallest absolute Gasteiger partial charge is 0.326 e. The molecule has 0 saturated heterocycles. The lowest BCUT2D eigenvalue weighted by Gasteiger charge is -2.06. The van der Waals surface area contributed by atoms with E-state index in [0.29, 0.717) is 29.0 Å². The number of aromatic amines is 2. The van der Waals surface area contributed by atoms with Crippen molar-refractivity contribution in [1.29, 1.82) is 0 Å². The number of nitrogens with zero attached hydrogens (tertiary/aromatic N) is 5. The molecule has 5 rings (SSSR count). The number of aromatic hydroxyl groups is 1. The Morgan fingerprint density at radius 1 is 1.23 bits per heavy atom. The second-order valence-corrected chi connectivity index (χ2v) is 7.55. The maximum absolute atomic E-state index is 11.4. The number of rotatable bonds is 6. The van der Waals surface area contributed by atoms with Crippen molar-refractivity contribution in [2.45, 2.75) is 38.8 Å². The Kier molecular flexibility index (Phi) is 4.73. The Morgan fingerprint density at radius 3 is 2.68 bits per heavy atom. The molecule has 1 aliphatic carbocycles. The number of fused-ring (bicyclic) bond motifs is 1. The predicted molar refractivity (Wildman–Crippen MR) is 114 cm³/mol. The van der Waals surface area contributed by atoms with Crippen molar-refractivity contribution in [2.75, 3.05) is 5.32 Å². The summed E-state index contributed by atoms with van der Waals surface area (Å²) >= 11 is 0. The SMILES string of the molecule is CCc1ccc(CNc2nc(=NC3CC3)n3nc/c(=C\c4[nH]c(=O)[nH]c4O)c3n2)cc1. The van der Waals surface area contributed by atoms with Crippen LogP contribution < -0.4 is 21.8 Å². The summed E-state index contributed by atoms with van der Waals surface area (Å²) in [6, 6.07) is 8.66. The molecule has 4 N–H and O–H groups in total. The van der Waals surface area contributed by atoms with Gasteiger partial charge in [0.15, 0.2) is 5.65 Å². The maximum Gasteiger partial charge on any atom is 0.326 e. The summed E-state index contributed by atoms with van der Waals surface area (Å²) < 4.78 is 1.58. The molecule has 0 unspecified atom stereocenters. The van der Waals surface area contributed by atoms with Crippen molar-refractivity contribution in [3.63, 3.8) is 0 Å². The molecule has 3 heterocycles. The fourth-order valence-electron chi connectivity index (χ4n) is 3.23. The molecule has 10 nitrogen and oxygen atoms in total. The van der Waals surface area contributed by atoms with Gasteiger partial charge in [-0.15, -0.1) is 0 Å². The van der Waals surface area contributed by atoms with E-state index in [-0.39, 0.29) is 17.6 Å². The Morgan fingerprint density at radius 2 is 2.00 bits per heavy atom. The lowest BCUT2D eigenvalue weighted by molar-refractivity contribution is 0.454. The fraction of sp³-hybridized carbons (Fsp3) is 0.286. The van der Waals surface area contributed by atoms with Crippen molar-refractivity contribution >= 4 is 17.7 Å². The van der Waals surface area contributed by atoms with Crippen molar-refractivity contribution in [2.24, 2.45) is 4.99 Å². The Labute approximate surface area is 176 Å². The highest BCUT2D eigenvalue weighted by Gasteiger charge is 2.21. The van der Waals surface area contributed by atoms with E-state index in [1.54, 1.807) is 16.8 Å². The number of imidazole rings is 1. The zero-order chi connectivity index (χ0) is 21.4. The topological polar surface area (TPSA) is 136 Å². The first-order chi connectivity index (χ1) is 15.1. The number of H-pyrrole nitrogens is 2. The highest BCUT2D eigenvalue weighted by atomic mass is 16.3. The van der Waals surface area contributed by atoms with Gasteiger partial charge in [0.2, 0.25) is 11.8 Å². The molecule has 1 aliphatic rings. The van der Waals surface area contributed by atoms with Crippen LogP contribution in [0.1, 0.15) is 36.6 Å². The number of benzene rings is 1. The molecular formula is C21H22N8O2. The number of hydrogen-bond donors (Lipinski definition) is 4. The molecule has 3 aromatic heterocycles. The number of nitrogens with one attached hydrogen (secondary N) is 3. The van der Waals surface area contributed by atoms with E-state index in [1.807, 2.05) is 0 Å². The van der Waals surface area contributed by atoms with Gasteiger partial charge in [-0.2, -0.15) is 19.6 Å². The number of anilines is 1. The second-order valence-electron chi connectivity index (χ2n) is 7.55. The van der Waals surface area contributed by atoms with E-state index < -0.39 is 5.69 Å². The molecular weight excluding hydrogens is 396 g/mol. The van der Waals surface area contributed by atoms with Gasteiger partial charge < -0.3 is 15.4 Å². The van der Waals surface area contributed by atoms with Gasteiger partial charge in [0, 0.05) is 11.8 Å². The molecule has 0 atom stereocenters. The summed E-state index contributed by atoms with van der Waals surface area (Å²) in [5.41, 5.74) is 3.18. The molecule has 0 spiro atoms. The molecule has 0 amide bonds. The van der Waals surface area contributed by atoms with Crippen molar-refractivity contribution < 1.29 is 5.11 Å². The average molecular weight is 418 g/mol. The molecule has 1 fully saturated rings. The van der Waals surface area contributed by atoms with E-state index in [9.17, 15) is 9.90 Å². The van der Waals surface area contributed by atoms with Gasteiger partial charge in [-0.05, 0) is 36.5 Å². The summed E-state index contributed by atoms with van der Waals surface area (Å²) in [7, 11) is 0. The first kappa shape index (κ1) is 19.0. The van der Waals surface area contributed by atoms with Gasteiger partial charge in [-0.3, -0.25) is 4.98 Å². The first-order valence-electron chi connectivity index (χ1n) is 10.2. The van der Waals surface area contributed by atoms with Crippen LogP contribution in [0.25, 0.3) is 11.7 Å². The summed E-state index contributed by atoms with van der Waals surface area (Å²) in [4.78, 5) is 30.1. The predicted octanol–water partition coefficient (Wildman–Crippen LogP) is 0.632. The highest BCUT2D eigenvalue weighted by molar-refractivity contribution is 5.57. The Hall–Kier alpha value is -3.95. The summed E-state index contributed by atoms with van der Waals surface area (Å²) in [6.07, 6.45) is 6.29.